The third kappa shape index (κ3) is 5.38. The highest BCUT2D eigenvalue weighted by Crippen LogP contribution is 2.27. The van der Waals surface area contributed by atoms with Gasteiger partial charge in [-0.3, -0.25) is 9.59 Å². The lowest BCUT2D eigenvalue weighted by atomic mass is 10.1. The highest BCUT2D eigenvalue weighted by atomic mass is 35.5. The zero-order chi connectivity index (χ0) is 21.0. The van der Waals surface area contributed by atoms with Crippen LogP contribution in [0, 0.1) is 0 Å². The summed E-state index contributed by atoms with van der Waals surface area (Å²) in [6, 6.07) is 7.89. The second kappa shape index (κ2) is 9.28. The number of carbonyl (C=O) groups excluding carboxylic acids is 2. The minimum Gasteiger partial charge on any atom is -0.335 e. The number of thiophene rings is 1. The standard InChI is InChI=1S/C20H23ClN2O4S2/c1-2-3-9-23(15-8-11-29(26,27)13-15)20(25)14-6-7-16(21)17(12-14)22-19(24)18-5-4-10-28-18/h4-7,10,12,15H,2-3,8-9,11,13H2,1H3,(H,22,24). The van der Waals surface area contributed by atoms with E-state index >= 15 is 0 Å². The van der Waals surface area contributed by atoms with Gasteiger partial charge in [-0.05, 0) is 42.5 Å². The normalized spacial score (nSPS) is 17.8. The molecule has 0 bridgehead atoms. The molecule has 1 aliphatic rings. The van der Waals surface area contributed by atoms with E-state index in [0.29, 0.717) is 34.1 Å². The summed E-state index contributed by atoms with van der Waals surface area (Å²) in [7, 11) is -3.11. The number of nitrogens with one attached hydrogen (secondary N) is 1. The maximum Gasteiger partial charge on any atom is 0.265 e. The Bertz CT molecular complexity index is 990. The Kier molecular flexibility index (Phi) is 6.97. The topological polar surface area (TPSA) is 83.6 Å². The van der Waals surface area contributed by atoms with E-state index in [1.807, 2.05) is 6.92 Å². The summed E-state index contributed by atoms with van der Waals surface area (Å²) in [5.41, 5.74) is 0.724. The molecular weight excluding hydrogens is 432 g/mol. The highest BCUT2D eigenvalue weighted by molar-refractivity contribution is 7.91. The molecule has 0 aliphatic carbocycles. The van der Waals surface area contributed by atoms with Crippen LogP contribution in [0.2, 0.25) is 5.02 Å². The summed E-state index contributed by atoms with van der Waals surface area (Å²) in [6.07, 6.45) is 2.14. The second-order valence-corrected chi connectivity index (χ2v) is 10.6. The summed E-state index contributed by atoms with van der Waals surface area (Å²) in [5, 5.41) is 4.88. The molecule has 1 atom stereocenters. The van der Waals surface area contributed by atoms with Crippen molar-refractivity contribution >= 4 is 50.3 Å². The van der Waals surface area contributed by atoms with Crippen molar-refractivity contribution in [3.05, 3.63) is 51.2 Å². The number of anilines is 1. The molecule has 1 aromatic heterocycles. The predicted molar refractivity (Wildman–Crippen MR) is 117 cm³/mol. The van der Waals surface area contributed by atoms with Crippen molar-refractivity contribution in [3.63, 3.8) is 0 Å². The molecule has 0 saturated carbocycles. The number of amides is 2. The van der Waals surface area contributed by atoms with Crippen LogP contribution < -0.4 is 5.32 Å². The van der Waals surface area contributed by atoms with Gasteiger partial charge in [0.2, 0.25) is 0 Å². The Morgan fingerprint density at radius 2 is 2.10 bits per heavy atom. The number of rotatable bonds is 7. The van der Waals surface area contributed by atoms with Crippen LogP contribution in [0.3, 0.4) is 0 Å². The maximum atomic E-state index is 13.2. The number of halogens is 1. The van der Waals surface area contributed by atoms with Crippen molar-refractivity contribution in [2.24, 2.45) is 0 Å². The van der Waals surface area contributed by atoms with E-state index in [4.69, 9.17) is 11.6 Å². The lowest BCUT2D eigenvalue weighted by molar-refractivity contribution is 0.0694. The molecule has 1 aromatic carbocycles. The van der Waals surface area contributed by atoms with Gasteiger partial charge in [-0.1, -0.05) is 31.0 Å². The van der Waals surface area contributed by atoms with Crippen molar-refractivity contribution < 1.29 is 18.0 Å². The fourth-order valence-electron chi connectivity index (χ4n) is 3.31. The average Bonchev–Trinajstić information content (AvgIpc) is 3.33. The maximum absolute atomic E-state index is 13.2. The summed E-state index contributed by atoms with van der Waals surface area (Å²) in [5.74, 6) is -0.436. The molecule has 6 nitrogen and oxygen atoms in total. The van der Waals surface area contributed by atoms with Gasteiger partial charge in [0, 0.05) is 18.2 Å². The minimum atomic E-state index is -3.11. The number of hydrogen-bond acceptors (Lipinski definition) is 5. The van der Waals surface area contributed by atoms with Gasteiger partial charge in [0.05, 0.1) is 27.1 Å². The van der Waals surface area contributed by atoms with Gasteiger partial charge in [0.25, 0.3) is 11.8 Å². The van der Waals surface area contributed by atoms with Crippen LogP contribution in [0.5, 0.6) is 0 Å². The van der Waals surface area contributed by atoms with E-state index in [9.17, 15) is 18.0 Å². The lowest BCUT2D eigenvalue weighted by Gasteiger charge is -2.28. The zero-order valence-corrected chi connectivity index (χ0v) is 18.4. The number of benzene rings is 1. The Morgan fingerprint density at radius 3 is 2.72 bits per heavy atom. The van der Waals surface area contributed by atoms with Crippen LogP contribution in [0.25, 0.3) is 0 Å². The molecule has 3 rings (SSSR count). The van der Waals surface area contributed by atoms with Crippen LogP contribution in [0.1, 0.15) is 46.2 Å². The molecule has 2 amide bonds. The van der Waals surface area contributed by atoms with Crippen molar-refractivity contribution in [3.8, 4) is 0 Å². The first-order valence-electron chi connectivity index (χ1n) is 9.46. The first kappa shape index (κ1) is 21.8. The predicted octanol–water partition coefficient (Wildman–Crippen LogP) is 4.08. The number of carbonyl (C=O) groups is 2. The van der Waals surface area contributed by atoms with Gasteiger partial charge in [-0.25, -0.2) is 8.42 Å². The van der Waals surface area contributed by atoms with E-state index in [-0.39, 0.29) is 29.4 Å². The van der Waals surface area contributed by atoms with Crippen LogP contribution in [0.4, 0.5) is 5.69 Å². The van der Waals surface area contributed by atoms with E-state index in [1.165, 1.54) is 11.3 Å². The molecule has 1 fully saturated rings. The molecule has 1 aliphatic heterocycles. The first-order chi connectivity index (χ1) is 13.8. The fourth-order valence-corrected chi connectivity index (χ4v) is 5.83. The SMILES string of the molecule is CCCCN(C(=O)c1ccc(Cl)c(NC(=O)c2cccs2)c1)C1CCS(=O)(=O)C1. The van der Waals surface area contributed by atoms with E-state index < -0.39 is 9.84 Å². The Labute approximate surface area is 179 Å². The largest absolute Gasteiger partial charge is 0.335 e. The number of nitrogens with zero attached hydrogens (tertiary/aromatic N) is 1. The molecule has 2 heterocycles. The first-order valence-corrected chi connectivity index (χ1v) is 12.5. The zero-order valence-electron chi connectivity index (χ0n) is 16.1. The van der Waals surface area contributed by atoms with Crippen LogP contribution >= 0.6 is 22.9 Å². The van der Waals surface area contributed by atoms with Crippen LogP contribution in [-0.4, -0.2) is 49.2 Å². The minimum absolute atomic E-state index is 0.00197. The van der Waals surface area contributed by atoms with Gasteiger partial charge in [-0.15, -0.1) is 11.3 Å². The van der Waals surface area contributed by atoms with Crippen molar-refractivity contribution in [2.75, 3.05) is 23.4 Å². The van der Waals surface area contributed by atoms with Crippen molar-refractivity contribution in [2.45, 2.75) is 32.2 Å². The van der Waals surface area contributed by atoms with Gasteiger partial charge < -0.3 is 10.2 Å². The summed E-state index contributed by atoms with van der Waals surface area (Å²) in [6.45, 7) is 2.52. The smallest absolute Gasteiger partial charge is 0.265 e. The van der Waals surface area contributed by atoms with Gasteiger partial charge in [-0.2, -0.15) is 0 Å². The van der Waals surface area contributed by atoms with Gasteiger partial charge >= 0.3 is 0 Å². The number of hydrogen-bond donors (Lipinski definition) is 1. The molecule has 1 saturated heterocycles. The second-order valence-electron chi connectivity index (χ2n) is 7.04. The van der Waals surface area contributed by atoms with Gasteiger partial charge in [0.1, 0.15) is 0 Å². The molecule has 0 radical (unpaired) electrons. The molecule has 9 heteroatoms. The molecule has 156 valence electrons. The molecule has 2 aromatic rings. The van der Waals surface area contributed by atoms with Crippen molar-refractivity contribution in [1.29, 1.82) is 0 Å². The third-order valence-corrected chi connectivity index (χ3v) is 7.82. The summed E-state index contributed by atoms with van der Waals surface area (Å²) < 4.78 is 23.8. The third-order valence-electron chi connectivity index (χ3n) is 4.87. The monoisotopic (exact) mass is 454 g/mol. The number of sulfone groups is 1. The average molecular weight is 455 g/mol. The van der Waals surface area contributed by atoms with E-state index in [1.54, 1.807) is 40.6 Å². The summed E-state index contributed by atoms with van der Waals surface area (Å²) in [4.78, 5) is 27.7. The van der Waals surface area contributed by atoms with Crippen molar-refractivity contribution in [1.82, 2.24) is 4.90 Å². The fraction of sp³-hybridized carbons (Fsp3) is 0.400. The molecule has 1 N–H and O–H groups in total. The van der Waals surface area contributed by atoms with E-state index in [2.05, 4.69) is 5.32 Å². The molecule has 29 heavy (non-hydrogen) atoms. The van der Waals surface area contributed by atoms with E-state index in [0.717, 1.165) is 12.8 Å². The lowest BCUT2D eigenvalue weighted by Crippen LogP contribution is -2.41. The Morgan fingerprint density at radius 1 is 1.31 bits per heavy atom. The highest BCUT2D eigenvalue weighted by Gasteiger charge is 2.34. The van der Waals surface area contributed by atoms with Crippen LogP contribution in [0.15, 0.2) is 35.7 Å². The Hall–Kier alpha value is -1.90. The number of unbranched alkanes of at least 4 members (excludes halogenated alkanes) is 1. The van der Waals surface area contributed by atoms with Crippen LogP contribution in [-0.2, 0) is 9.84 Å². The Balaban J connectivity index is 1.83. The quantitative estimate of drug-likeness (QED) is 0.683. The molecule has 1 unspecified atom stereocenters. The van der Waals surface area contributed by atoms with Gasteiger partial charge in [0.15, 0.2) is 9.84 Å². The molecular formula is C20H23ClN2O4S2. The molecule has 0 spiro atoms. The summed E-state index contributed by atoms with van der Waals surface area (Å²) >= 11 is 7.53.